The molecule has 0 aromatic heterocycles. The van der Waals surface area contributed by atoms with Gasteiger partial charge in [0.25, 0.3) is 0 Å². The lowest BCUT2D eigenvalue weighted by Crippen LogP contribution is -2.18. The Labute approximate surface area is 309 Å². The summed E-state index contributed by atoms with van der Waals surface area (Å²) in [5.41, 5.74) is 0. The highest BCUT2D eigenvalue weighted by atomic mass is 16.5. The number of carboxylic acid groups (broad SMARTS) is 1. The number of unbranched alkanes of at least 4 members (excludes halogenated alkanes) is 16. The number of esters is 1. The van der Waals surface area contributed by atoms with Crippen LogP contribution >= 0.6 is 0 Å². The summed E-state index contributed by atoms with van der Waals surface area (Å²) in [5.74, 6) is -0.678. The molecule has 0 radical (unpaired) electrons. The summed E-state index contributed by atoms with van der Waals surface area (Å²) in [5, 5.41) is 8.69. The fourth-order valence-electron chi connectivity index (χ4n) is 5.89. The lowest BCUT2D eigenvalue weighted by molar-refractivity contribution is -0.150. The van der Waals surface area contributed by atoms with E-state index in [9.17, 15) is 9.59 Å². The Hall–Kier alpha value is -2.62. The number of hydrogen-bond donors (Lipinski definition) is 1. The van der Waals surface area contributed by atoms with E-state index in [4.69, 9.17) is 9.84 Å². The van der Waals surface area contributed by atoms with E-state index in [2.05, 4.69) is 86.8 Å². The summed E-state index contributed by atoms with van der Waals surface area (Å²) in [6, 6.07) is 0. The van der Waals surface area contributed by atoms with Crippen LogP contribution in [0.1, 0.15) is 200 Å². The summed E-state index contributed by atoms with van der Waals surface area (Å²) in [6.07, 6.45) is 58.1. The summed E-state index contributed by atoms with van der Waals surface area (Å²) in [6.45, 7) is 4.40. The maximum Gasteiger partial charge on any atom is 0.306 e. The third-order valence-corrected chi connectivity index (χ3v) is 8.94. The summed E-state index contributed by atoms with van der Waals surface area (Å²) in [4.78, 5) is 23.2. The van der Waals surface area contributed by atoms with Gasteiger partial charge in [0.15, 0.2) is 0 Å². The second-order valence-electron chi connectivity index (χ2n) is 13.8. The minimum Gasteiger partial charge on any atom is -0.481 e. The fourth-order valence-corrected chi connectivity index (χ4v) is 5.89. The van der Waals surface area contributed by atoms with Crippen molar-refractivity contribution >= 4 is 11.9 Å². The molecular weight excluding hydrogens is 617 g/mol. The first-order valence-corrected chi connectivity index (χ1v) is 20.9. The monoisotopic (exact) mass is 695 g/mol. The number of carboxylic acids is 1. The van der Waals surface area contributed by atoms with Crippen molar-refractivity contribution in [2.45, 2.75) is 206 Å². The molecule has 0 heterocycles. The number of hydrogen-bond acceptors (Lipinski definition) is 3. The smallest absolute Gasteiger partial charge is 0.306 e. The summed E-state index contributed by atoms with van der Waals surface area (Å²) >= 11 is 0. The third-order valence-electron chi connectivity index (χ3n) is 8.94. The first-order chi connectivity index (χ1) is 24.6. The van der Waals surface area contributed by atoms with E-state index in [1.54, 1.807) is 0 Å². The summed E-state index contributed by atoms with van der Waals surface area (Å²) < 4.78 is 5.98. The molecule has 0 aromatic carbocycles. The molecule has 1 N–H and O–H groups in total. The third kappa shape index (κ3) is 39.8. The maximum absolute atomic E-state index is 12.6. The van der Waals surface area contributed by atoms with Crippen LogP contribution in [0, 0.1) is 0 Å². The molecule has 1 unspecified atom stereocenters. The maximum atomic E-state index is 12.6. The molecule has 50 heavy (non-hydrogen) atoms. The Morgan fingerprint density at radius 2 is 0.840 bits per heavy atom. The normalized spacial score (nSPS) is 13.0. The first kappa shape index (κ1) is 47.4. The molecule has 0 fully saturated rings. The molecule has 0 aliphatic rings. The van der Waals surface area contributed by atoms with Gasteiger partial charge >= 0.3 is 11.9 Å². The zero-order chi connectivity index (χ0) is 36.4. The number of rotatable bonds is 37. The quantitative estimate of drug-likeness (QED) is 0.0399. The molecule has 4 nitrogen and oxygen atoms in total. The van der Waals surface area contributed by atoms with Gasteiger partial charge in [0.2, 0.25) is 0 Å². The van der Waals surface area contributed by atoms with Gasteiger partial charge in [-0.2, -0.15) is 0 Å². The molecule has 0 aromatic rings. The van der Waals surface area contributed by atoms with Crippen molar-refractivity contribution in [3.63, 3.8) is 0 Å². The highest BCUT2D eigenvalue weighted by molar-refractivity contribution is 5.69. The van der Waals surface area contributed by atoms with E-state index in [1.807, 2.05) is 0 Å². The van der Waals surface area contributed by atoms with E-state index in [1.165, 1.54) is 77.0 Å². The highest BCUT2D eigenvalue weighted by Crippen LogP contribution is 2.18. The van der Waals surface area contributed by atoms with Crippen LogP contribution in [0.15, 0.2) is 72.9 Å². The molecule has 0 aliphatic carbocycles. The molecule has 0 amide bonds. The van der Waals surface area contributed by atoms with Gasteiger partial charge in [0, 0.05) is 12.8 Å². The summed E-state index contributed by atoms with van der Waals surface area (Å²) in [7, 11) is 0. The molecule has 4 heteroatoms. The Kier molecular flexibility index (Phi) is 38.7. The van der Waals surface area contributed by atoms with Gasteiger partial charge in [0.1, 0.15) is 6.10 Å². The molecule has 1 atom stereocenters. The van der Waals surface area contributed by atoms with Gasteiger partial charge in [-0.1, -0.05) is 170 Å². The van der Waals surface area contributed by atoms with Crippen LogP contribution in [0.3, 0.4) is 0 Å². The second-order valence-corrected chi connectivity index (χ2v) is 13.8. The predicted molar refractivity (Wildman–Crippen MR) is 218 cm³/mol. The largest absolute Gasteiger partial charge is 0.481 e. The van der Waals surface area contributed by atoms with Crippen molar-refractivity contribution in [2.75, 3.05) is 0 Å². The minimum atomic E-state index is -0.674. The lowest BCUT2D eigenvalue weighted by Gasteiger charge is -2.18. The molecule has 0 aliphatic heterocycles. The van der Waals surface area contributed by atoms with Crippen molar-refractivity contribution in [3.05, 3.63) is 72.9 Å². The molecule has 0 spiro atoms. The van der Waals surface area contributed by atoms with Crippen LogP contribution < -0.4 is 0 Å². The van der Waals surface area contributed by atoms with Crippen LogP contribution in [-0.4, -0.2) is 23.1 Å². The van der Waals surface area contributed by atoms with Crippen molar-refractivity contribution < 1.29 is 19.4 Å². The predicted octanol–water partition coefficient (Wildman–Crippen LogP) is 14.7. The van der Waals surface area contributed by atoms with Crippen molar-refractivity contribution in [1.82, 2.24) is 0 Å². The van der Waals surface area contributed by atoms with Gasteiger partial charge in [-0.15, -0.1) is 0 Å². The Balaban J connectivity index is 3.92. The lowest BCUT2D eigenvalue weighted by atomic mass is 10.0. The Morgan fingerprint density at radius 1 is 0.460 bits per heavy atom. The van der Waals surface area contributed by atoms with Crippen LogP contribution in [0.25, 0.3) is 0 Å². The van der Waals surface area contributed by atoms with Crippen LogP contribution in [0.2, 0.25) is 0 Å². The zero-order valence-corrected chi connectivity index (χ0v) is 32.7. The van der Waals surface area contributed by atoms with E-state index >= 15 is 0 Å². The standard InChI is InChI=1S/C46H78O4/c1-3-5-7-9-10-11-12-13-14-15-16-17-18-19-20-21-26-29-32-35-39-43-46(49)50-44(40-36-8-6-4-2)41-37-33-30-27-24-22-23-25-28-31-34-38-42-45(47)48/h5,7,10-11,13-14,16-17,19-20,26,29,44H,3-4,6,8-9,12,15,18,21-25,27-28,30-43H2,1-2H3,(H,47,48)/b7-5-,11-10-,14-13-,17-16-,20-19-,29-26-. The van der Waals surface area contributed by atoms with E-state index in [-0.39, 0.29) is 12.1 Å². The van der Waals surface area contributed by atoms with Crippen LogP contribution in [0.4, 0.5) is 0 Å². The molecule has 0 bridgehead atoms. The highest BCUT2D eigenvalue weighted by Gasteiger charge is 2.14. The number of carbonyl (C=O) groups is 2. The SMILES string of the molecule is CC/C=C\C/C=C\C/C=C\C/C=C\C/C=C\C/C=C\CCCCC(=O)OC(CCCCCC)CCCCCCCCCCCCCCC(=O)O. The van der Waals surface area contributed by atoms with E-state index in [0.29, 0.717) is 12.8 Å². The Morgan fingerprint density at radius 3 is 1.28 bits per heavy atom. The second kappa shape index (κ2) is 40.8. The molecule has 0 rings (SSSR count). The number of carbonyl (C=O) groups excluding carboxylic acids is 1. The van der Waals surface area contributed by atoms with E-state index in [0.717, 1.165) is 96.3 Å². The first-order valence-electron chi connectivity index (χ1n) is 20.9. The van der Waals surface area contributed by atoms with Crippen LogP contribution in [0.5, 0.6) is 0 Å². The van der Waals surface area contributed by atoms with E-state index < -0.39 is 5.97 Å². The Bertz CT molecular complexity index is 922. The molecule has 0 saturated carbocycles. The number of ether oxygens (including phenoxy) is 1. The van der Waals surface area contributed by atoms with Gasteiger partial charge < -0.3 is 9.84 Å². The topological polar surface area (TPSA) is 63.6 Å². The van der Waals surface area contributed by atoms with Crippen LogP contribution in [-0.2, 0) is 14.3 Å². The van der Waals surface area contributed by atoms with Gasteiger partial charge in [-0.3, -0.25) is 9.59 Å². The fraction of sp³-hybridized carbons (Fsp3) is 0.696. The molecule has 0 saturated heterocycles. The van der Waals surface area contributed by atoms with Gasteiger partial charge in [0.05, 0.1) is 0 Å². The molecular formula is C46H78O4. The average Bonchev–Trinajstić information content (AvgIpc) is 3.10. The van der Waals surface area contributed by atoms with Gasteiger partial charge in [-0.05, 0) is 89.9 Å². The minimum absolute atomic E-state index is 0.00450. The average molecular weight is 695 g/mol. The zero-order valence-electron chi connectivity index (χ0n) is 32.7. The number of aliphatic carboxylic acids is 1. The van der Waals surface area contributed by atoms with Crippen molar-refractivity contribution in [3.8, 4) is 0 Å². The van der Waals surface area contributed by atoms with Crippen molar-refractivity contribution in [2.24, 2.45) is 0 Å². The van der Waals surface area contributed by atoms with Gasteiger partial charge in [-0.25, -0.2) is 0 Å². The van der Waals surface area contributed by atoms with Crippen molar-refractivity contribution in [1.29, 1.82) is 0 Å². The number of allylic oxidation sites excluding steroid dienone is 12. The molecule has 286 valence electrons.